The van der Waals surface area contributed by atoms with Gasteiger partial charge in [0.1, 0.15) is 0 Å². The molecule has 0 spiro atoms. The number of Topliss-reactive ketones (excluding diaryl/α,β-unsaturated/α-hetero) is 1. The predicted octanol–water partition coefficient (Wildman–Crippen LogP) is 2.20. The normalized spacial score (nSPS) is 19.8. The Bertz CT molecular complexity index is 582. The van der Waals surface area contributed by atoms with Gasteiger partial charge in [0.2, 0.25) is 5.78 Å². The molecule has 0 saturated carbocycles. The minimum absolute atomic E-state index is 0.0804. The Balaban J connectivity index is 2.36. The molecule has 3 rings (SSSR count). The number of aromatic nitrogens is 1. The number of hydrogen-bond donors (Lipinski definition) is 1. The summed E-state index contributed by atoms with van der Waals surface area (Å²) in [7, 11) is 0. The lowest BCUT2D eigenvalue weighted by atomic mass is 9.99. The maximum atomic E-state index is 12.0. The molecule has 1 aromatic heterocycles. The molecule has 1 atom stereocenters. The van der Waals surface area contributed by atoms with Crippen molar-refractivity contribution in [3.05, 3.63) is 41.6 Å². The Kier molecular flexibility index (Phi) is 2.19. The predicted molar refractivity (Wildman–Crippen MR) is 63.6 cm³/mol. The van der Waals surface area contributed by atoms with Crippen LogP contribution < -0.4 is 0 Å². The molecule has 0 bridgehead atoms. The van der Waals surface area contributed by atoms with Gasteiger partial charge in [0.15, 0.2) is 5.44 Å². The Labute approximate surface area is 97.9 Å². The maximum absolute atomic E-state index is 12.0. The summed E-state index contributed by atoms with van der Waals surface area (Å²) < 4.78 is 5.24. The number of fused-ring (bicyclic) bond motifs is 3. The van der Waals surface area contributed by atoms with Gasteiger partial charge in [-0.05, 0) is 6.07 Å². The first kappa shape index (κ1) is 9.81. The summed E-state index contributed by atoms with van der Waals surface area (Å²) >= 11 is 4.11. The summed E-state index contributed by atoms with van der Waals surface area (Å²) in [6, 6.07) is 7.61. The number of pyridine rings is 1. The number of para-hydroxylation sites is 1. The smallest absolute Gasteiger partial charge is 0.202 e. The molecular weight excluding hydrogens is 222 g/mol. The number of rotatable bonds is 0. The van der Waals surface area contributed by atoms with E-state index in [2.05, 4.69) is 17.6 Å². The van der Waals surface area contributed by atoms with Crippen molar-refractivity contribution in [1.29, 1.82) is 0 Å². The van der Waals surface area contributed by atoms with E-state index in [1.807, 2.05) is 24.3 Å². The third-order valence-corrected chi connectivity index (χ3v) is 3.10. The Morgan fingerprint density at radius 2 is 2.19 bits per heavy atom. The van der Waals surface area contributed by atoms with Crippen LogP contribution in [0.15, 0.2) is 30.5 Å². The lowest BCUT2D eigenvalue weighted by Gasteiger charge is -2.21. The van der Waals surface area contributed by atoms with Crippen LogP contribution in [0.25, 0.3) is 10.9 Å². The van der Waals surface area contributed by atoms with E-state index in [9.17, 15) is 4.79 Å². The number of carbonyl (C=O) groups excluding carboxylic acids is 1. The first-order valence-corrected chi connectivity index (χ1v) is 5.49. The van der Waals surface area contributed by atoms with E-state index in [0.29, 0.717) is 12.2 Å². The highest BCUT2D eigenvalue weighted by Gasteiger charge is 2.27. The van der Waals surface area contributed by atoms with Crippen LogP contribution in [0.1, 0.15) is 15.9 Å². The van der Waals surface area contributed by atoms with Gasteiger partial charge in [-0.2, -0.15) is 0 Å². The fraction of sp³-hybridized carbons (Fsp3) is 0.167. The molecule has 1 aromatic carbocycles. The van der Waals surface area contributed by atoms with Crippen LogP contribution >= 0.6 is 12.6 Å². The minimum atomic E-state index is -0.654. The van der Waals surface area contributed by atoms with Gasteiger partial charge >= 0.3 is 0 Å². The van der Waals surface area contributed by atoms with Crippen molar-refractivity contribution in [3.63, 3.8) is 0 Å². The van der Waals surface area contributed by atoms with E-state index in [-0.39, 0.29) is 5.78 Å². The van der Waals surface area contributed by atoms with Crippen molar-refractivity contribution in [2.24, 2.45) is 0 Å². The second kappa shape index (κ2) is 3.57. The van der Waals surface area contributed by atoms with Gasteiger partial charge in [0, 0.05) is 22.7 Å². The van der Waals surface area contributed by atoms with E-state index in [1.165, 1.54) is 0 Å². The third-order valence-electron chi connectivity index (χ3n) is 2.72. The van der Waals surface area contributed by atoms with Crippen LogP contribution in [0.4, 0.5) is 0 Å². The fourth-order valence-corrected chi connectivity index (χ4v) is 2.15. The van der Waals surface area contributed by atoms with E-state index < -0.39 is 5.44 Å². The molecule has 2 heterocycles. The second-order valence-corrected chi connectivity index (χ2v) is 4.17. The lowest BCUT2D eigenvalue weighted by molar-refractivity contribution is 0.0574. The number of thiol groups is 1. The van der Waals surface area contributed by atoms with Gasteiger partial charge in [-0.25, -0.2) is 0 Å². The highest BCUT2D eigenvalue weighted by molar-refractivity contribution is 7.81. The molecule has 4 heteroatoms. The molecule has 0 saturated heterocycles. The highest BCUT2D eigenvalue weighted by atomic mass is 32.1. The molecule has 0 aliphatic carbocycles. The third kappa shape index (κ3) is 1.34. The Morgan fingerprint density at radius 3 is 3.06 bits per heavy atom. The molecule has 1 aliphatic rings. The van der Waals surface area contributed by atoms with Crippen LogP contribution in [-0.2, 0) is 11.3 Å². The Hall–Kier alpha value is -1.39. The summed E-state index contributed by atoms with van der Waals surface area (Å²) in [6.45, 7) is 0.396. The zero-order valence-electron chi connectivity index (χ0n) is 8.38. The molecule has 80 valence electrons. The molecule has 1 unspecified atom stereocenters. The number of nitrogens with zero attached hydrogens (tertiary/aromatic N) is 1. The van der Waals surface area contributed by atoms with Gasteiger partial charge in [0.25, 0.3) is 0 Å². The summed E-state index contributed by atoms with van der Waals surface area (Å²) in [5.41, 5.74) is 1.72. The van der Waals surface area contributed by atoms with E-state index in [1.54, 1.807) is 6.20 Å². The molecule has 16 heavy (non-hydrogen) atoms. The van der Waals surface area contributed by atoms with Gasteiger partial charge in [-0.3, -0.25) is 9.78 Å². The number of carbonyl (C=O) groups is 1. The average molecular weight is 231 g/mol. The zero-order valence-corrected chi connectivity index (χ0v) is 9.28. The van der Waals surface area contributed by atoms with Gasteiger partial charge in [0.05, 0.1) is 12.1 Å². The summed E-state index contributed by atoms with van der Waals surface area (Å²) in [6.07, 6.45) is 1.70. The van der Waals surface area contributed by atoms with Crippen molar-refractivity contribution in [2.45, 2.75) is 12.0 Å². The molecule has 0 radical (unpaired) electrons. The van der Waals surface area contributed by atoms with E-state index in [4.69, 9.17) is 4.74 Å². The topological polar surface area (TPSA) is 39.2 Å². The van der Waals surface area contributed by atoms with Crippen molar-refractivity contribution >= 4 is 29.3 Å². The monoisotopic (exact) mass is 231 g/mol. The molecule has 2 aromatic rings. The Morgan fingerprint density at radius 1 is 1.38 bits per heavy atom. The minimum Gasteiger partial charge on any atom is -0.355 e. The molecule has 0 N–H and O–H groups in total. The summed E-state index contributed by atoms with van der Waals surface area (Å²) in [4.78, 5) is 16.3. The van der Waals surface area contributed by atoms with Crippen LogP contribution in [0.3, 0.4) is 0 Å². The SMILES string of the molecule is O=C1c2c(cnc3ccccc23)COC1S. The summed E-state index contributed by atoms with van der Waals surface area (Å²) in [5.74, 6) is -0.0804. The van der Waals surface area contributed by atoms with Crippen LogP contribution in [0.5, 0.6) is 0 Å². The number of ketones is 1. The fourth-order valence-electron chi connectivity index (χ4n) is 1.95. The largest absolute Gasteiger partial charge is 0.355 e. The van der Waals surface area contributed by atoms with Gasteiger partial charge in [-0.15, -0.1) is 12.6 Å². The van der Waals surface area contributed by atoms with Crippen molar-refractivity contribution < 1.29 is 9.53 Å². The quantitative estimate of drug-likeness (QED) is 0.706. The van der Waals surface area contributed by atoms with E-state index in [0.717, 1.165) is 16.5 Å². The van der Waals surface area contributed by atoms with Gasteiger partial charge in [-0.1, -0.05) is 18.2 Å². The molecule has 3 nitrogen and oxygen atoms in total. The lowest BCUT2D eigenvalue weighted by Crippen LogP contribution is -2.25. The molecule has 1 aliphatic heterocycles. The first-order chi connectivity index (χ1) is 7.77. The average Bonchev–Trinajstić information content (AvgIpc) is 2.33. The highest BCUT2D eigenvalue weighted by Crippen LogP contribution is 2.27. The van der Waals surface area contributed by atoms with E-state index >= 15 is 0 Å². The maximum Gasteiger partial charge on any atom is 0.202 e. The number of ether oxygens (including phenoxy) is 1. The van der Waals surface area contributed by atoms with Crippen LogP contribution in [0.2, 0.25) is 0 Å². The van der Waals surface area contributed by atoms with Crippen molar-refractivity contribution in [3.8, 4) is 0 Å². The number of hydrogen-bond acceptors (Lipinski definition) is 4. The number of benzene rings is 1. The van der Waals surface area contributed by atoms with Crippen molar-refractivity contribution in [2.75, 3.05) is 0 Å². The molecule has 0 amide bonds. The van der Waals surface area contributed by atoms with Crippen molar-refractivity contribution in [1.82, 2.24) is 4.98 Å². The second-order valence-electron chi connectivity index (χ2n) is 3.70. The first-order valence-electron chi connectivity index (χ1n) is 4.98. The van der Waals surface area contributed by atoms with Crippen LogP contribution in [0, 0.1) is 0 Å². The summed E-state index contributed by atoms with van der Waals surface area (Å²) in [5, 5.41) is 0.882. The van der Waals surface area contributed by atoms with Gasteiger partial charge < -0.3 is 4.74 Å². The molecule has 0 fully saturated rings. The molecular formula is C12H9NO2S. The van der Waals surface area contributed by atoms with Crippen LogP contribution in [-0.4, -0.2) is 16.2 Å². The standard InChI is InChI=1S/C12H9NO2S/c14-11-10-7(6-15-12(11)16)5-13-9-4-2-1-3-8(9)10/h1-5,12,16H,6H2. The zero-order chi connectivity index (χ0) is 11.1.